The number of halogens is 2. The lowest BCUT2D eigenvalue weighted by Crippen LogP contribution is -2.29. The number of anilines is 1. The number of rotatable bonds is 3. The van der Waals surface area contributed by atoms with Crippen LogP contribution in [0.4, 0.5) is 5.69 Å². The molecule has 6 heteroatoms. The summed E-state index contributed by atoms with van der Waals surface area (Å²) in [5.41, 5.74) is 6.88. The molecule has 1 aromatic carbocycles. The third kappa shape index (κ3) is 3.39. The highest BCUT2D eigenvalue weighted by Gasteiger charge is 2.30. The number of hydrogen-bond acceptors (Lipinski definition) is 3. The van der Waals surface area contributed by atoms with Gasteiger partial charge in [-0.1, -0.05) is 23.2 Å². The number of nitrogens with two attached hydrogens (primary N) is 1. The zero-order valence-corrected chi connectivity index (χ0v) is 12.1. The third-order valence-electron chi connectivity index (χ3n) is 3.17. The fraction of sp³-hybridized carbons (Fsp3) is 0.462. The Kier molecular flexibility index (Phi) is 4.68. The Hall–Kier alpha value is -0.810. The van der Waals surface area contributed by atoms with Crippen molar-refractivity contribution in [3.05, 3.63) is 27.7 Å². The van der Waals surface area contributed by atoms with E-state index in [1.54, 1.807) is 12.1 Å². The van der Waals surface area contributed by atoms with Crippen LogP contribution >= 0.6 is 23.2 Å². The van der Waals surface area contributed by atoms with Crippen molar-refractivity contribution in [2.75, 3.05) is 11.9 Å². The second-order valence-electron chi connectivity index (χ2n) is 4.63. The van der Waals surface area contributed by atoms with Crippen molar-refractivity contribution >= 4 is 34.8 Å². The fourth-order valence-corrected chi connectivity index (χ4v) is 2.46. The van der Waals surface area contributed by atoms with Gasteiger partial charge >= 0.3 is 0 Å². The summed E-state index contributed by atoms with van der Waals surface area (Å²) in [5, 5.41) is 3.77. The lowest BCUT2D eigenvalue weighted by atomic mass is 10.1. The van der Waals surface area contributed by atoms with Crippen molar-refractivity contribution in [3.63, 3.8) is 0 Å². The largest absolute Gasteiger partial charge is 0.364 e. The summed E-state index contributed by atoms with van der Waals surface area (Å²) in [6.45, 7) is 2.28. The first-order valence-corrected chi connectivity index (χ1v) is 6.89. The van der Waals surface area contributed by atoms with Gasteiger partial charge in [0.2, 0.25) is 0 Å². The average Bonchev–Trinajstić information content (AvgIpc) is 2.84. The Labute approximate surface area is 122 Å². The summed E-state index contributed by atoms with van der Waals surface area (Å²) in [6.07, 6.45) is 0.972. The van der Waals surface area contributed by atoms with E-state index < -0.39 is 6.10 Å². The zero-order chi connectivity index (χ0) is 14.0. The van der Waals surface area contributed by atoms with Gasteiger partial charge in [-0.3, -0.25) is 4.79 Å². The summed E-state index contributed by atoms with van der Waals surface area (Å²) in [7, 11) is 0. The lowest BCUT2D eigenvalue weighted by Gasteiger charge is -2.14. The molecule has 1 aliphatic heterocycles. The quantitative estimate of drug-likeness (QED) is 0.902. The molecule has 0 aromatic heterocycles. The van der Waals surface area contributed by atoms with Crippen molar-refractivity contribution in [1.82, 2.24) is 0 Å². The zero-order valence-electron chi connectivity index (χ0n) is 10.6. The van der Waals surface area contributed by atoms with E-state index in [4.69, 9.17) is 33.7 Å². The molecule has 0 bridgehead atoms. The first-order chi connectivity index (χ1) is 9.01. The van der Waals surface area contributed by atoms with Crippen molar-refractivity contribution in [1.29, 1.82) is 0 Å². The number of carbonyl (C=O) groups is 1. The third-order valence-corrected chi connectivity index (χ3v) is 3.89. The molecule has 0 saturated carbocycles. The minimum absolute atomic E-state index is 0.0344. The highest BCUT2D eigenvalue weighted by molar-refractivity contribution is 6.36. The Morgan fingerprint density at radius 1 is 1.42 bits per heavy atom. The van der Waals surface area contributed by atoms with E-state index in [0.29, 0.717) is 28.7 Å². The number of amides is 1. The smallest absolute Gasteiger partial charge is 0.253 e. The lowest BCUT2D eigenvalue weighted by molar-refractivity contribution is -0.126. The van der Waals surface area contributed by atoms with Gasteiger partial charge in [-0.05, 0) is 37.5 Å². The Morgan fingerprint density at radius 3 is 2.79 bits per heavy atom. The Bertz CT molecular complexity index is 494. The van der Waals surface area contributed by atoms with Gasteiger partial charge in [0.05, 0.1) is 16.8 Å². The van der Waals surface area contributed by atoms with Crippen molar-refractivity contribution in [2.45, 2.75) is 32.0 Å². The monoisotopic (exact) mass is 302 g/mol. The standard InChI is InChI=1S/C13H16Cl2N2O2/c1-7-4-10(15)11(5-9(7)14)17-13(18)12-3-2-8(6-16)19-12/h4-5,8,12H,2-3,6,16H2,1H3,(H,17,18). The van der Waals surface area contributed by atoms with Gasteiger partial charge in [-0.2, -0.15) is 0 Å². The van der Waals surface area contributed by atoms with Crippen molar-refractivity contribution < 1.29 is 9.53 Å². The molecule has 1 fully saturated rings. The van der Waals surface area contributed by atoms with Crippen LogP contribution in [-0.4, -0.2) is 24.7 Å². The maximum atomic E-state index is 12.0. The number of hydrogen-bond donors (Lipinski definition) is 2. The van der Waals surface area contributed by atoms with Gasteiger partial charge in [-0.15, -0.1) is 0 Å². The molecule has 2 rings (SSSR count). The Balaban J connectivity index is 2.05. The highest BCUT2D eigenvalue weighted by atomic mass is 35.5. The van der Waals surface area contributed by atoms with Gasteiger partial charge in [0.25, 0.3) is 5.91 Å². The molecular weight excluding hydrogens is 287 g/mol. The predicted octanol–water partition coefficient (Wildman–Crippen LogP) is 2.75. The molecule has 4 nitrogen and oxygen atoms in total. The number of benzene rings is 1. The summed E-state index contributed by atoms with van der Waals surface area (Å²) < 4.78 is 5.53. The van der Waals surface area contributed by atoms with Gasteiger partial charge < -0.3 is 15.8 Å². The second kappa shape index (κ2) is 6.09. The van der Waals surface area contributed by atoms with Crippen LogP contribution in [0.2, 0.25) is 10.0 Å². The molecule has 1 heterocycles. The van der Waals surface area contributed by atoms with Crippen LogP contribution in [0.25, 0.3) is 0 Å². The SMILES string of the molecule is Cc1cc(Cl)c(NC(=O)C2CCC(CN)O2)cc1Cl. The van der Waals surface area contributed by atoms with E-state index in [1.165, 1.54) is 0 Å². The van der Waals surface area contributed by atoms with Gasteiger partial charge in [0, 0.05) is 11.6 Å². The van der Waals surface area contributed by atoms with Crippen molar-refractivity contribution in [3.8, 4) is 0 Å². The average molecular weight is 303 g/mol. The second-order valence-corrected chi connectivity index (χ2v) is 5.44. The molecule has 0 radical (unpaired) electrons. The molecule has 0 spiro atoms. The van der Waals surface area contributed by atoms with Crippen LogP contribution in [0.15, 0.2) is 12.1 Å². The molecule has 1 saturated heterocycles. The van der Waals surface area contributed by atoms with Crippen LogP contribution in [0, 0.1) is 6.92 Å². The van der Waals surface area contributed by atoms with E-state index in [2.05, 4.69) is 5.32 Å². The van der Waals surface area contributed by atoms with Crippen LogP contribution in [0.5, 0.6) is 0 Å². The summed E-state index contributed by atoms with van der Waals surface area (Å²) >= 11 is 12.1. The van der Waals surface area contributed by atoms with E-state index in [-0.39, 0.29) is 12.0 Å². The topological polar surface area (TPSA) is 64.4 Å². The first-order valence-electron chi connectivity index (χ1n) is 6.13. The first kappa shape index (κ1) is 14.6. The van der Waals surface area contributed by atoms with Gasteiger partial charge in [0.15, 0.2) is 0 Å². The van der Waals surface area contributed by atoms with Gasteiger partial charge in [-0.25, -0.2) is 0 Å². The fourth-order valence-electron chi connectivity index (χ4n) is 2.03. The summed E-state index contributed by atoms with van der Waals surface area (Å²) in [5.74, 6) is -0.210. The molecular formula is C13H16Cl2N2O2. The Morgan fingerprint density at radius 2 is 2.16 bits per heavy atom. The number of ether oxygens (including phenoxy) is 1. The number of aryl methyl sites for hydroxylation is 1. The predicted molar refractivity (Wildman–Crippen MR) is 76.8 cm³/mol. The van der Waals surface area contributed by atoms with Crippen LogP contribution < -0.4 is 11.1 Å². The molecule has 104 valence electrons. The van der Waals surface area contributed by atoms with Crippen LogP contribution in [0.1, 0.15) is 18.4 Å². The molecule has 1 aliphatic rings. The normalized spacial score (nSPS) is 22.5. The minimum atomic E-state index is -0.468. The molecule has 0 aliphatic carbocycles. The van der Waals surface area contributed by atoms with E-state index in [9.17, 15) is 4.79 Å². The molecule has 19 heavy (non-hydrogen) atoms. The molecule has 2 atom stereocenters. The molecule has 1 amide bonds. The minimum Gasteiger partial charge on any atom is -0.364 e. The highest BCUT2D eigenvalue weighted by Crippen LogP contribution is 2.29. The summed E-state index contributed by atoms with van der Waals surface area (Å²) in [4.78, 5) is 12.0. The molecule has 3 N–H and O–H groups in total. The number of nitrogens with one attached hydrogen (secondary N) is 1. The maximum absolute atomic E-state index is 12.0. The van der Waals surface area contributed by atoms with Crippen LogP contribution in [-0.2, 0) is 9.53 Å². The maximum Gasteiger partial charge on any atom is 0.253 e. The van der Waals surface area contributed by atoms with E-state index in [1.807, 2.05) is 6.92 Å². The molecule has 1 aromatic rings. The summed E-state index contributed by atoms with van der Waals surface area (Å²) in [6, 6.07) is 3.37. The van der Waals surface area contributed by atoms with E-state index >= 15 is 0 Å². The van der Waals surface area contributed by atoms with Crippen molar-refractivity contribution in [2.24, 2.45) is 5.73 Å². The molecule has 2 unspecified atom stereocenters. The number of carbonyl (C=O) groups excluding carboxylic acids is 1. The van der Waals surface area contributed by atoms with Gasteiger partial charge in [0.1, 0.15) is 6.10 Å². The van der Waals surface area contributed by atoms with E-state index in [0.717, 1.165) is 12.0 Å². The van der Waals surface area contributed by atoms with Crippen LogP contribution in [0.3, 0.4) is 0 Å².